The maximum absolute atomic E-state index is 11.9. The second kappa shape index (κ2) is 6.26. The second-order valence-electron chi connectivity index (χ2n) is 4.90. The standard InChI is InChI=1S/C14H19NO4S/c1-2-19-13-5-3-4-11(8-13)9-15-14(16)12-6-7-20(17,18)10-12/h3-5,8,12H,2,6-7,9-10H2,1H3,(H,15,16). The normalized spacial score (nSPS) is 20.6. The Hall–Kier alpha value is -1.56. The maximum Gasteiger partial charge on any atom is 0.224 e. The average molecular weight is 297 g/mol. The van der Waals surface area contributed by atoms with Crippen LogP contribution in [0.25, 0.3) is 0 Å². The number of amides is 1. The van der Waals surface area contributed by atoms with Crippen molar-refractivity contribution in [3.63, 3.8) is 0 Å². The van der Waals surface area contributed by atoms with Crippen molar-refractivity contribution in [2.75, 3.05) is 18.1 Å². The third-order valence-electron chi connectivity index (χ3n) is 3.28. The van der Waals surface area contributed by atoms with Crippen molar-refractivity contribution in [2.45, 2.75) is 19.9 Å². The van der Waals surface area contributed by atoms with Gasteiger partial charge in [-0.15, -0.1) is 0 Å². The summed E-state index contributed by atoms with van der Waals surface area (Å²) in [6, 6.07) is 7.49. The molecule has 0 aromatic heterocycles. The SMILES string of the molecule is CCOc1cccc(CNC(=O)C2CCS(=O)(=O)C2)c1. The second-order valence-corrected chi connectivity index (χ2v) is 7.13. The molecule has 1 aromatic carbocycles. The molecule has 1 heterocycles. The molecule has 1 aliphatic rings. The summed E-state index contributed by atoms with van der Waals surface area (Å²) in [5, 5.41) is 2.79. The summed E-state index contributed by atoms with van der Waals surface area (Å²) in [7, 11) is -3.02. The fourth-order valence-corrected chi connectivity index (χ4v) is 3.99. The van der Waals surface area contributed by atoms with E-state index in [1.54, 1.807) is 0 Å². The first-order valence-corrected chi connectivity index (χ1v) is 8.52. The van der Waals surface area contributed by atoms with Crippen molar-refractivity contribution < 1.29 is 17.9 Å². The number of ether oxygens (including phenoxy) is 1. The lowest BCUT2D eigenvalue weighted by molar-refractivity contribution is -0.124. The lowest BCUT2D eigenvalue weighted by atomic mass is 10.1. The number of hydrogen-bond acceptors (Lipinski definition) is 4. The van der Waals surface area contributed by atoms with E-state index in [9.17, 15) is 13.2 Å². The molecular weight excluding hydrogens is 278 g/mol. The Morgan fingerprint density at radius 3 is 2.90 bits per heavy atom. The van der Waals surface area contributed by atoms with Crippen LogP contribution in [-0.2, 0) is 21.2 Å². The maximum atomic E-state index is 11.9. The predicted molar refractivity (Wildman–Crippen MR) is 76.2 cm³/mol. The fraction of sp³-hybridized carbons (Fsp3) is 0.500. The minimum absolute atomic E-state index is 0.0299. The highest BCUT2D eigenvalue weighted by molar-refractivity contribution is 7.91. The quantitative estimate of drug-likeness (QED) is 0.884. The molecule has 2 rings (SSSR count). The van der Waals surface area contributed by atoms with E-state index < -0.39 is 15.8 Å². The van der Waals surface area contributed by atoms with Gasteiger partial charge < -0.3 is 10.1 Å². The van der Waals surface area contributed by atoms with E-state index in [2.05, 4.69) is 5.32 Å². The summed E-state index contributed by atoms with van der Waals surface area (Å²) in [6.45, 7) is 2.89. The molecule has 1 aliphatic heterocycles. The fourth-order valence-electron chi connectivity index (χ4n) is 2.25. The zero-order valence-corrected chi connectivity index (χ0v) is 12.3. The number of hydrogen-bond donors (Lipinski definition) is 1. The van der Waals surface area contributed by atoms with Crippen LogP contribution in [0.3, 0.4) is 0 Å². The van der Waals surface area contributed by atoms with Gasteiger partial charge in [0.1, 0.15) is 5.75 Å². The summed E-state index contributed by atoms with van der Waals surface area (Å²) >= 11 is 0. The van der Waals surface area contributed by atoms with Crippen LogP contribution in [0.15, 0.2) is 24.3 Å². The Morgan fingerprint density at radius 1 is 1.45 bits per heavy atom. The van der Waals surface area contributed by atoms with E-state index in [0.29, 0.717) is 19.6 Å². The number of sulfone groups is 1. The molecular formula is C14H19NO4S. The number of rotatable bonds is 5. The number of nitrogens with one attached hydrogen (secondary N) is 1. The first-order chi connectivity index (χ1) is 9.50. The number of benzene rings is 1. The molecule has 6 heteroatoms. The van der Waals surface area contributed by atoms with Gasteiger partial charge in [-0.3, -0.25) is 4.79 Å². The topological polar surface area (TPSA) is 72.5 Å². The van der Waals surface area contributed by atoms with Crippen LogP contribution in [-0.4, -0.2) is 32.4 Å². The number of carbonyl (C=O) groups excluding carboxylic acids is 1. The summed E-state index contributed by atoms with van der Waals surface area (Å²) in [6.07, 6.45) is 0.424. The molecule has 1 N–H and O–H groups in total. The van der Waals surface area contributed by atoms with Gasteiger partial charge in [0.15, 0.2) is 9.84 Å². The molecule has 1 saturated heterocycles. The highest BCUT2D eigenvalue weighted by Crippen LogP contribution is 2.19. The first-order valence-electron chi connectivity index (χ1n) is 6.70. The lowest BCUT2D eigenvalue weighted by Crippen LogP contribution is -2.30. The summed E-state index contributed by atoms with van der Waals surface area (Å²) < 4.78 is 28.1. The molecule has 0 saturated carbocycles. The van der Waals surface area contributed by atoms with Crippen molar-refractivity contribution in [1.82, 2.24) is 5.32 Å². The zero-order valence-electron chi connectivity index (χ0n) is 11.5. The molecule has 5 nitrogen and oxygen atoms in total. The third-order valence-corrected chi connectivity index (χ3v) is 5.05. The Labute approximate surface area is 119 Å². The van der Waals surface area contributed by atoms with Gasteiger partial charge in [0.2, 0.25) is 5.91 Å². The van der Waals surface area contributed by atoms with Gasteiger partial charge in [-0.1, -0.05) is 12.1 Å². The van der Waals surface area contributed by atoms with Gasteiger partial charge in [-0.2, -0.15) is 0 Å². The highest BCUT2D eigenvalue weighted by atomic mass is 32.2. The summed E-state index contributed by atoms with van der Waals surface area (Å²) in [4.78, 5) is 11.9. The lowest BCUT2D eigenvalue weighted by Gasteiger charge is -2.10. The molecule has 0 spiro atoms. The van der Waals surface area contributed by atoms with E-state index in [1.165, 1.54) is 0 Å². The van der Waals surface area contributed by atoms with Gasteiger partial charge >= 0.3 is 0 Å². The van der Waals surface area contributed by atoms with Crippen LogP contribution < -0.4 is 10.1 Å². The smallest absolute Gasteiger partial charge is 0.224 e. The Bertz CT molecular complexity index is 583. The molecule has 20 heavy (non-hydrogen) atoms. The minimum Gasteiger partial charge on any atom is -0.494 e. The van der Waals surface area contributed by atoms with Crippen molar-refractivity contribution in [1.29, 1.82) is 0 Å². The van der Waals surface area contributed by atoms with Crippen LogP contribution in [0, 0.1) is 5.92 Å². The molecule has 1 atom stereocenters. The molecule has 110 valence electrons. The van der Waals surface area contributed by atoms with E-state index in [0.717, 1.165) is 11.3 Å². The van der Waals surface area contributed by atoms with Gasteiger partial charge in [0.05, 0.1) is 24.0 Å². The summed E-state index contributed by atoms with van der Waals surface area (Å²) in [5.41, 5.74) is 0.935. The minimum atomic E-state index is -3.02. The number of carbonyl (C=O) groups is 1. The van der Waals surface area contributed by atoms with E-state index in [-0.39, 0.29) is 17.4 Å². The average Bonchev–Trinajstić information content (AvgIpc) is 2.77. The molecule has 1 amide bonds. The van der Waals surface area contributed by atoms with Crippen molar-refractivity contribution in [3.8, 4) is 5.75 Å². The zero-order chi connectivity index (χ0) is 14.6. The molecule has 1 fully saturated rings. The van der Waals surface area contributed by atoms with E-state index in [1.807, 2.05) is 31.2 Å². The first kappa shape index (κ1) is 14.8. The molecule has 1 unspecified atom stereocenters. The highest BCUT2D eigenvalue weighted by Gasteiger charge is 2.32. The van der Waals surface area contributed by atoms with Crippen molar-refractivity contribution >= 4 is 15.7 Å². The molecule has 0 bridgehead atoms. The van der Waals surface area contributed by atoms with Crippen LogP contribution in [0.1, 0.15) is 18.9 Å². The largest absolute Gasteiger partial charge is 0.494 e. The van der Waals surface area contributed by atoms with Crippen LogP contribution in [0.4, 0.5) is 0 Å². The van der Waals surface area contributed by atoms with Crippen molar-refractivity contribution in [2.24, 2.45) is 5.92 Å². The Morgan fingerprint density at radius 2 is 2.25 bits per heavy atom. The predicted octanol–water partition coefficient (Wildman–Crippen LogP) is 1.14. The van der Waals surface area contributed by atoms with E-state index in [4.69, 9.17) is 4.74 Å². The van der Waals surface area contributed by atoms with Gasteiger partial charge in [-0.25, -0.2) is 8.42 Å². The van der Waals surface area contributed by atoms with E-state index >= 15 is 0 Å². The molecule has 0 aliphatic carbocycles. The molecule has 0 radical (unpaired) electrons. The van der Waals surface area contributed by atoms with Gasteiger partial charge in [0.25, 0.3) is 0 Å². The van der Waals surface area contributed by atoms with Crippen LogP contribution in [0.2, 0.25) is 0 Å². The van der Waals surface area contributed by atoms with Gasteiger partial charge in [-0.05, 0) is 31.0 Å². The van der Waals surface area contributed by atoms with Gasteiger partial charge in [0, 0.05) is 6.54 Å². The molecule has 1 aromatic rings. The monoisotopic (exact) mass is 297 g/mol. The van der Waals surface area contributed by atoms with Crippen LogP contribution in [0.5, 0.6) is 5.75 Å². The van der Waals surface area contributed by atoms with Crippen LogP contribution >= 0.6 is 0 Å². The third kappa shape index (κ3) is 3.96. The summed E-state index contributed by atoms with van der Waals surface area (Å²) in [5.74, 6) is 0.258. The Balaban J connectivity index is 1.89. The Kier molecular flexibility index (Phi) is 4.65. The van der Waals surface area contributed by atoms with Crippen molar-refractivity contribution in [3.05, 3.63) is 29.8 Å².